The first-order valence-electron chi connectivity index (χ1n) is 5.90. The Hall–Kier alpha value is -1.35. The second-order valence-corrected chi connectivity index (χ2v) is 4.59. The number of rotatable bonds is 1. The third-order valence-electron chi connectivity index (χ3n) is 3.64. The van der Waals surface area contributed by atoms with Crippen LogP contribution in [-0.4, -0.2) is 34.2 Å². The summed E-state index contributed by atoms with van der Waals surface area (Å²) in [5, 5.41) is 10.2. The normalized spacial score (nSPS) is 31.1. The molecule has 0 amide bonds. The van der Waals surface area contributed by atoms with E-state index in [1.807, 2.05) is 24.3 Å². The third kappa shape index (κ3) is 1.61. The van der Waals surface area contributed by atoms with Crippen molar-refractivity contribution in [2.45, 2.75) is 18.9 Å². The summed E-state index contributed by atoms with van der Waals surface area (Å²) in [4.78, 5) is 6.57. The predicted molar refractivity (Wildman–Crippen MR) is 62.5 cm³/mol. The van der Waals surface area contributed by atoms with Gasteiger partial charge in [-0.25, -0.2) is 0 Å². The lowest BCUT2D eigenvalue weighted by Gasteiger charge is -2.45. The van der Waals surface area contributed by atoms with Crippen LogP contribution in [0, 0.1) is 5.92 Å². The molecule has 0 radical (unpaired) electrons. The van der Waals surface area contributed by atoms with Crippen molar-refractivity contribution in [2.75, 3.05) is 13.1 Å². The van der Waals surface area contributed by atoms with Crippen LogP contribution in [0.4, 0.5) is 0 Å². The molecule has 4 rings (SSSR count). The van der Waals surface area contributed by atoms with Gasteiger partial charge in [0.25, 0.3) is 0 Å². The molecular weight excluding hydrogens is 200 g/mol. The molecule has 3 aliphatic rings. The van der Waals surface area contributed by atoms with Gasteiger partial charge >= 0.3 is 0 Å². The molecule has 0 saturated carbocycles. The van der Waals surface area contributed by atoms with E-state index in [4.69, 9.17) is 0 Å². The summed E-state index contributed by atoms with van der Waals surface area (Å²) in [7, 11) is 0. The lowest BCUT2D eigenvalue weighted by atomic mass is 9.83. The second-order valence-electron chi connectivity index (χ2n) is 4.59. The van der Waals surface area contributed by atoms with Gasteiger partial charge in [-0.05, 0) is 37.0 Å². The van der Waals surface area contributed by atoms with E-state index in [-0.39, 0.29) is 6.10 Å². The summed E-state index contributed by atoms with van der Waals surface area (Å²) in [6.45, 7) is 2.17. The van der Waals surface area contributed by atoms with E-state index in [0.29, 0.717) is 5.92 Å². The van der Waals surface area contributed by atoms with Gasteiger partial charge in [0, 0.05) is 25.0 Å². The lowest BCUT2D eigenvalue weighted by molar-refractivity contribution is 0.0214. The summed E-state index contributed by atoms with van der Waals surface area (Å²) in [5.74, 6) is 0.458. The average Bonchev–Trinajstić information content (AvgIpc) is 2.36. The van der Waals surface area contributed by atoms with E-state index in [2.05, 4.69) is 9.88 Å². The van der Waals surface area contributed by atoms with E-state index < -0.39 is 0 Å². The Bertz CT molecular complexity index is 390. The van der Waals surface area contributed by atoms with Gasteiger partial charge in [-0.2, -0.15) is 0 Å². The molecule has 0 unspecified atom stereocenters. The molecule has 3 aliphatic heterocycles. The topological polar surface area (TPSA) is 36.4 Å². The van der Waals surface area contributed by atoms with Crippen molar-refractivity contribution >= 4 is 6.08 Å². The lowest BCUT2D eigenvalue weighted by Crippen LogP contribution is -2.48. The molecule has 0 aromatic carbocycles. The predicted octanol–water partition coefficient (Wildman–Crippen LogP) is 1.51. The number of aromatic nitrogens is 1. The summed E-state index contributed by atoms with van der Waals surface area (Å²) in [6, 6.07) is 5.86. The molecule has 3 fully saturated rings. The number of aliphatic hydroxyl groups is 1. The minimum absolute atomic E-state index is 0.287. The molecular formula is C13H16N2O. The van der Waals surface area contributed by atoms with Crippen LogP contribution < -0.4 is 0 Å². The summed E-state index contributed by atoms with van der Waals surface area (Å²) >= 11 is 0. The van der Waals surface area contributed by atoms with Gasteiger partial charge in [-0.15, -0.1) is 0 Å². The maximum absolute atomic E-state index is 10.2. The number of nitrogens with zero attached hydrogens (tertiary/aromatic N) is 2. The zero-order chi connectivity index (χ0) is 11.0. The van der Waals surface area contributed by atoms with Gasteiger partial charge < -0.3 is 10.0 Å². The van der Waals surface area contributed by atoms with Crippen molar-refractivity contribution in [1.29, 1.82) is 0 Å². The molecule has 4 heterocycles. The zero-order valence-electron chi connectivity index (χ0n) is 9.21. The summed E-state index contributed by atoms with van der Waals surface area (Å²) in [6.07, 6.45) is 5.77. The fourth-order valence-corrected chi connectivity index (χ4v) is 2.69. The molecule has 3 nitrogen and oxygen atoms in total. The van der Waals surface area contributed by atoms with Crippen LogP contribution in [0.5, 0.6) is 0 Å². The summed E-state index contributed by atoms with van der Waals surface area (Å²) in [5.41, 5.74) is 1.99. The van der Waals surface area contributed by atoms with E-state index >= 15 is 0 Å². The Labute approximate surface area is 95.4 Å². The van der Waals surface area contributed by atoms with Crippen LogP contribution in [0.25, 0.3) is 6.08 Å². The maximum Gasteiger partial charge on any atom is 0.0966 e. The largest absolute Gasteiger partial charge is 0.387 e. The first kappa shape index (κ1) is 9.85. The Morgan fingerprint density at radius 3 is 2.75 bits per heavy atom. The van der Waals surface area contributed by atoms with Gasteiger partial charge in [0.15, 0.2) is 0 Å². The Morgan fingerprint density at radius 2 is 2.12 bits per heavy atom. The van der Waals surface area contributed by atoms with Gasteiger partial charge in [0.2, 0.25) is 0 Å². The quantitative estimate of drug-likeness (QED) is 0.773. The minimum atomic E-state index is -0.287. The first-order chi connectivity index (χ1) is 7.84. The van der Waals surface area contributed by atoms with Crippen molar-refractivity contribution in [3.8, 4) is 0 Å². The molecule has 2 bridgehead atoms. The molecule has 1 aromatic rings. The molecule has 0 aliphatic carbocycles. The fraction of sp³-hybridized carbons (Fsp3) is 0.462. The van der Waals surface area contributed by atoms with Gasteiger partial charge in [-0.3, -0.25) is 4.98 Å². The van der Waals surface area contributed by atoms with Crippen LogP contribution >= 0.6 is 0 Å². The second kappa shape index (κ2) is 3.91. The van der Waals surface area contributed by atoms with Gasteiger partial charge in [0.05, 0.1) is 11.8 Å². The molecule has 16 heavy (non-hydrogen) atoms. The summed E-state index contributed by atoms with van der Waals surface area (Å²) < 4.78 is 0. The number of fused-ring (bicyclic) bond motifs is 3. The van der Waals surface area contributed by atoms with E-state index in [1.165, 1.54) is 0 Å². The molecule has 0 spiro atoms. The highest BCUT2D eigenvalue weighted by molar-refractivity contribution is 5.50. The minimum Gasteiger partial charge on any atom is -0.387 e. The number of hydrogen-bond donors (Lipinski definition) is 1. The Morgan fingerprint density at radius 1 is 1.31 bits per heavy atom. The van der Waals surface area contributed by atoms with Crippen molar-refractivity contribution in [3.05, 3.63) is 35.8 Å². The zero-order valence-corrected chi connectivity index (χ0v) is 9.21. The van der Waals surface area contributed by atoms with Gasteiger partial charge in [0.1, 0.15) is 0 Å². The van der Waals surface area contributed by atoms with E-state index in [9.17, 15) is 5.11 Å². The van der Waals surface area contributed by atoms with Crippen molar-refractivity contribution in [1.82, 2.24) is 9.88 Å². The average molecular weight is 216 g/mol. The highest BCUT2D eigenvalue weighted by Crippen LogP contribution is 2.35. The number of pyridine rings is 1. The Kier molecular flexibility index (Phi) is 2.40. The maximum atomic E-state index is 10.2. The molecule has 1 aromatic heterocycles. The van der Waals surface area contributed by atoms with Crippen molar-refractivity contribution in [2.24, 2.45) is 5.92 Å². The molecule has 3 saturated heterocycles. The standard InChI is InChI=1S/C13H16N2O/c16-13-10-4-7-15(8-5-10)12(13)9-11-3-1-2-6-14-11/h1-3,6,9-10,13,16H,4-5,7-8H2/b12-9-/t13-/m0/s1. The first-order valence-corrected chi connectivity index (χ1v) is 5.90. The van der Waals surface area contributed by atoms with E-state index in [0.717, 1.165) is 37.3 Å². The van der Waals surface area contributed by atoms with Crippen molar-refractivity contribution in [3.63, 3.8) is 0 Å². The molecule has 3 heteroatoms. The SMILES string of the molecule is O[C@@H]1/C(=C/c2ccccn2)N2CCC1CC2. The van der Waals surface area contributed by atoms with Crippen LogP contribution in [0.3, 0.4) is 0 Å². The van der Waals surface area contributed by atoms with Gasteiger partial charge in [-0.1, -0.05) is 6.07 Å². The number of piperidine rings is 3. The Balaban J connectivity index is 1.92. The highest BCUT2D eigenvalue weighted by Gasteiger charge is 2.36. The number of aliphatic hydroxyl groups excluding tert-OH is 1. The van der Waals surface area contributed by atoms with E-state index in [1.54, 1.807) is 6.20 Å². The van der Waals surface area contributed by atoms with Crippen LogP contribution in [0.2, 0.25) is 0 Å². The fourth-order valence-electron chi connectivity index (χ4n) is 2.69. The molecule has 1 N–H and O–H groups in total. The van der Waals surface area contributed by atoms with Crippen LogP contribution in [0.1, 0.15) is 18.5 Å². The van der Waals surface area contributed by atoms with Crippen molar-refractivity contribution < 1.29 is 5.11 Å². The molecule has 1 atom stereocenters. The highest BCUT2D eigenvalue weighted by atomic mass is 16.3. The smallest absolute Gasteiger partial charge is 0.0966 e. The molecule has 84 valence electrons. The third-order valence-corrected chi connectivity index (χ3v) is 3.64. The monoisotopic (exact) mass is 216 g/mol. The van der Waals surface area contributed by atoms with Crippen LogP contribution in [-0.2, 0) is 0 Å². The number of hydrogen-bond acceptors (Lipinski definition) is 3. The van der Waals surface area contributed by atoms with Crippen LogP contribution in [0.15, 0.2) is 30.1 Å².